The summed E-state index contributed by atoms with van der Waals surface area (Å²) in [5.41, 5.74) is 8.24. The SMILES string of the molecule is NC1c2ccsc2-c2c(C(=O)O)cc(-c3ccccc3)c(=O)n21. The second-order valence-corrected chi connectivity index (χ2v) is 6.23. The molecule has 0 fully saturated rings. The van der Waals surface area contributed by atoms with E-state index in [4.69, 9.17) is 5.73 Å². The zero-order valence-corrected chi connectivity index (χ0v) is 12.7. The van der Waals surface area contributed by atoms with E-state index >= 15 is 0 Å². The minimum absolute atomic E-state index is 0.0973. The summed E-state index contributed by atoms with van der Waals surface area (Å²) >= 11 is 1.40. The Morgan fingerprint density at radius 3 is 2.65 bits per heavy atom. The lowest BCUT2D eigenvalue weighted by atomic mass is 10.0. The molecule has 1 unspecified atom stereocenters. The van der Waals surface area contributed by atoms with Gasteiger partial charge in [-0.1, -0.05) is 30.3 Å². The molecule has 5 nitrogen and oxygen atoms in total. The highest BCUT2D eigenvalue weighted by atomic mass is 32.1. The van der Waals surface area contributed by atoms with Crippen LogP contribution in [0.4, 0.5) is 0 Å². The van der Waals surface area contributed by atoms with E-state index in [-0.39, 0.29) is 11.1 Å². The minimum Gasteiger partial charge on any atom is -0.478 e. The van der Waals surface area contributed by atoms with Gasteiger partial charge in [0.15, 0.2) is 0 Å². The van der Waals surface area contributed by atoms with Crippen LogP contribution in [-0.4, -0.2) is 15.6 Å². The molecule has 114 valence electrons. The van der Waals surface area contributed by atoms with Gasteiger partial charge in [0.25, 0.3) is 5.56 Å². The highest BCUT2D eigenvalue weighted by Gasteiger charge is 2.33. The van der Waals surface area contributed by atoms with Gasteiger partial charge in [-0.3, -0.25) is 9.36 Å². The number of fused-ring (bicyclic) bond motifs is 3. The zero-order valence-electron chi connectivity index (χ0n) is 11.9. The molecular formula is C17H12N2O3S. The molecule has 0 saturated carbocycles. The third-order valence-corrected chi connectivity index (χ3v) is 4.99. The zero-order chi connectivity index (χ0) is 16.1. The average Bonchev–Trinajstić information content (AvgIpc) is 3.12. The molecular weight excluding hydrogens is 312 g/mol. The van der Waals surface area contributed by atoms with Crippen LogP contribution < -0.4 is 11.3 Å². The Morgan fingerprint density at radius 2 is 1.96 bits per heavy atom. The second-order valence-electron chi connectivity index (χ2n) is 5.32. The quantitative estimate of drug-likeness (QED) is 0.759. The Morgan fingerprint density at radius 1 is 1.22 bits per heavy atom. The van der Waals surface area contributed by atoms with Gasteiger partial charge in [-0.25, -0.2) is 4.79 Å². The van der Waals surface area contributed by atoms with Crippen LogP contribution in [0.5, 0.6) is 0 Å². The highest BCUT2D eigenvalue weighted by molar-refractivity contribution is 7.13. The Hall–Kier alpha value is -2.70. The molecule has 23 heavy (non-hydrogen) atoms. The number of hydrogen-bond donors (Lipinski definition) is 2. The summed E-state index contributed by atoms with van der Waals surface area (Å²) in [4.78, 5) is 25.4. The van der Waals surface area contributed by atoms with Crippen LogP contribution >= 0.6 is 11.3 Å². The van der Waals surface area contributed by atoms with E-state index < -0.39 is 12.1 Å². The van der Waals surface area contributed by atoms with Crippen molar-refractivity contribution >= 4 is 17.3 Å². The molecule has 0 amide bonds. The number of thiophene rings is 1. The number of aromatic nitrogens is 1. The first-order valence-corrected chi connectivity index (χ1v) is 7.89. The molecule has 1 atom stereocenters. The van der Waals surface area contributed by atoms with E-state index in [1.54, 1.807) is 12.1 Å². The topological polar surface area (TPSA) is 85.3 Å². The number of carboxylic acid groups (broad SMARTS) is 1. The number of nitrogens with two attached hydrogens (primary N) is 1. The minimum atomic E-state index is -1.07. The smallest absolute Gasteiger partial charge is 0.337 e. The van der Waals surface area contributed by atoms with Crippen LogP contribution in [0.25, 0.3) is 21.7 Å². The molecule has 0 aliphatic carbocycles. The van der Waals surface area contributed by atoms with Crippen LogP contribution in [0.3, 0.4) is 0 Å². The third-order valence-electron chi connectivity index (χ3n) is 4.06. The van der Waals surface area contributed by atoms with Crippen molar-refractivity contribution in [3.8, 4) is 21.7 Å². The normalized spacial score (nSPS) is 15.3. The molecule has 1 aromatic carbocycles. The number of hydrogen-bond acceptors (Lipinski definition) is 4. The fourth-order valence-electron chi connectivity index (χ4n) is 3.00. The van der Waals surface area contributed by atoms with Crippen molar-refractivity contribution in [2.45, 2.75) is 6.17 Å². The van der Waals surface area contributed by atoms with Crippen LogP contribution in [-0.2, 0) is 0 Å². The number of benzene rings is 1. The van der Waals surface area contributed by atoms with Gasteiger partial charge in [0.05, 0.1) is 16.1 Å². The maximum Gasteiger partial charge on any atom is 0.337 e. The predicted octanol–water partition coefficient (Wildman–Crippen LogP) is 2.76. The second kappa shape index (κ2) is 4.91. The number of carboxylic acids is 1. The molecule has 2 aromatic heterocycles. The number of aromatic carboxylic acids is 1. The third kappa shape index (κ3) is 1.89. The van der Waals surface area contributed by atoms with Crippen molar-refractivity contribution in [3.05, 3.63) is 69.3 Å². The van der Waals surface area contributed by atoms with Gasteiger partial charge in [-0.05, 0) is 23.1 Å². The summed E-state index contributed by atoms with van der Waals surface area (Å²) in [6.45, 7) is 0. The van der Waals surface area contributed by atoms with Crippen LogP contribution in [0.1, 0.15) is 22.1 Å². The van der Waals surface area contributed by atoms with Crippen LogP contribution in [0.15, 0.2) is 52.6 Å². The van der Waals surface area contributed by atoms with Crippen molar-refractivity contribution in [2.75, 3.05) is 0 Å². The molecule has 3 N–H and O–H groups in total. The number of nitrogens with zero attached hydrogens (tertiary/aromatic N) is 1. The summed E-state index contributed by atoms with van der Waals surface area (Å²) in [6.07, 6.45) is -0.652. The Kier molecular flexibility index (Phi) is 2.97. The Bertz CT molecular complexity index is 989. The fourth-order valence-corrected chi connectivity index (χ4v) is 4.00. The fraction of sp³-hybridized carbons (Fsp3) is 0.0588. The molecule has 1 aliphatic heterocycles. The van der Waals surface area contributed by atoms with Gasteiger partial charge in [0, 0.05) is 11.1 Å². The van der Waals surface area contributed by atoms with E-state index in [0.29, 0.717) is 16.8 Å². The number of rotatable bonds is 2. The first kappa shape index (κ1) is 13.9. The Labute approximate surface area is 135 Å². The van der Waals surface area contributed by atoms with Gasteiger partial charge in [0.2, 0.25) is 0 Å². The lowest BCUT2D eigenvalue weighted by molar-refractivity contribution is 0.0697. The summed E-state index contributed by atoms with van der Waals surface area (Å²) < 4.78 is 1.40. The van der Waals surface area contributed by atoms with E-state index in [9.17, 15) is 14.7 Å². The van der Waals surface area contributed by atoms with E-state index in [2.05, 4.69) is 0 Å². The Balaban J connectivity index is 2.10. The molecule has 3 heterocycles. The highest BCUT2D eigenvalue weighted by Crippen LogP contribution is 2.42. The lowest BCUT2D eigenvalue weighted by Crippen LogP contribution is -2.30. The molecule has 3 aromatic rings. The molecule has 4 rings (SSSR count). The molecule has 0 spiro atoms. The molecule has 1 aliphatic rings. The first-order valence-electron chi connectivity index (χ1n) is 7.01. The largest absolute Gasteiger partial charge is 0.478 e. The molecule has 0 bridgehead atoms. The molecule has 0 radical (unpaired) electrons. The van der Waals surface area contributed by atoms with Gasteiger partial charge < -0.3 is 10.8 Å². The number of carbonyl (C=O) groups is 1. The van der Waals surface area contributed by atoms with Gasteiger partial charge in [-0.2, -0.15) is 0 Å². The van der Waals surface area contributed by atoms with E-state index in [1.165, 1.54) is 22.0 Å². The maximum absolute atomic E-state index is 12.9. The monoisotopic (exact) mass is 324 g/mol. The van der Waals surface area contributed by atoms with Crippen molar-refractivity contribution < 1.29 is 9.90 Å². The van der Waals surface area contributed by atoms with Crippen LogP contribution in [0, 0.1) is 0 Å². The van der Waals surface area contributed by atoms with Crippen molar-refractivity contribution in [1.82, 2.24) is 4.57 Å². The first-order chi connectivity index (χ1) is 11.1. The van der Waals surface area contributed by atoms with E-state index in [0.717, 1.165) is 10.4 Å². The van der Waals surface area contributed by atoms with Gasteiger partial charge in [0.1, 0.15) is 6.17 Å². The standard InChI is InChI=1S/C17H12N2O3S/c18-15-10-6-7-23-14(10)13-12(17(21)22)8-11(16(20)19(13)15)9-4-2-1-3-5-9/h1-8,15H,18H2,(H,21,22). The molecule has 0 saturated heterocycles. The number of pyridine rings is 1. The van der Waals surface area contributed by atoms with Gasteiger partial charge >= 0.3 is 5.97 Å². The summed E-state index contributed by atoms with van der Waals surface area (Å²) in [5.74, 6) is -1.07. The summed E-state index contributed by atoms with van der Waals surface area (Å²) in [6, 6.07) is 12.3. The van der Waals surface area contributed by atoms with E-state index in [1.807, 2.05) is 29.6 Å². The summed E-state index contributed by atoms with van der Waals surface area (Å²) in [5, 5.41) is 11.5. The lowest BCUT2D eigenvalue weighted by Gasteiger charge is -2.14. The predicted molar refractivity (Wildman–Crippen MR) is 88.7 cm³/mol. The average molecular weight is 324 g/mol. The van der Waals surface area contributed by atoms with Crippen molar-refractivity contribution in [1.29, 1.82) is 0 Å². The maximum atomic E-state index is 12.9. The van der Waals surface area contributed by atoms with Crippen molar-refractivity contribution in [2.24, 2.45) is 5.73 Å². The van der Waals surface area contributed by atoms with Crippen molar-refractivity contribution in [3.63, 3.8) is 0 Å². The summed E-state index contributed by atoms with van der Waals surface area (Å²) in [7, 11) is 0. The molecule has 6 heteroatoms. The van der Waals surface area contributed by atoms with Gasteiger partial charge in [-0.15, -0.1) is 11.3 Å². The van der Waals surface area contributed by atoms with Crippen LogP contribution in [0.2, 0.25) is 0 Å².